The summed E-state index contributed by atoms with van der Waals surface area (Å²) in [6.07, 6.45) is 6.17. The number of anilines is 2. The molecule has 4 nitrogen and oxygen atoms in total. The topological polar surface area (TPSA) is 24.3 Å². The van der Waals surface area contributed by atoms with Gasteiger partial charge in [0.1, 0.15) is 11.5 Å². The first-order valence-corrected chi connectivity index (χ1v) is 9.82. The van der Waals surface area contributed by atoms with Gasteiger partial charge in [-0.1, -0.05) is 17.7 Å². The summed E-state index contributed by atoms with van der Waals surface area (Å²) < 4.78 is 2.39. The average molecular weight is 346 g/mol. The Morgan fingerprint density at radius 3 is 2.27 bits per heavy atom. The molecule has 0 N–H and O–H groups in total. The van der Waals surface area contributed by atoms with Crippen molar-refractivity contribution >= 4 is 22.5 Å². The first-order chi connectivity index (χ1) is 12.8. The summed E-state index contributed by atoms with van der Waals surface area (Å²) in [5.41, 5.74) is 3.81. The van der Waals surface area contributed by atoms with Crippen LogP contribution in [0.25, 0.3) is 11.0 Å². The molecule has 0 amide bonds. The zero-order chi connectivity index (χ0) is 17.5. The Morgan fingerprint density at radius 1 is 0.846 bits per heavy atom. The molecule has 5 rings (SSSR count). The van der Waals surface area contributed by atoms with Crippen LogP contribution in [0.5, 0.6) is 0 Å². The lowest BCUT2D eigenvalue weighted by atomic mass is 9.93. The molecule has 4 heteroatoms. The molecule has 1 saturated carbocycles. The van der Waals surface area contributed by atoms with Gasteiger partial charge in [0.2, 0.25) is 0 Å². The van der Waals surface area contributed by atoms with E-state index in [9.17, 15) is 0 Å². The molecule has 1 saturated heterocycles. The molecule has 2 aliphatic rings. The van der Waals surface area contributed by atoms with E-state index in [0.29, 0.717) is 6.04 Å². The van der Waals surface area contributed by atoms with E-state index < -0.39 is 0 Å². The third kappa shape index (κ3) is 2.74. The van der Waals surface area contributed by atoms with E-state index in [1.165, 1.54) is 35.9 Å². The Labute approximate surface area is 155 Å². The molecular formula is C22H26N4. The number of hydrogen-bond acceptors (Lipinski definition) is 3. The van der Waals surface area contributed by atoms with Crippen LogP contribution < -0.4 is 9.80 Å². The maximum absolute atomic E-state index is 5.04. The van der Waals surface area contributed by atoms with Gasteiger partial charge in [-0.25, -0.2) is 4.98 Å². The second-order valence-electron chi connectivity index (χ2n) is 7.70. The average Bonchev–Trinajstić information content (AvgIpc) is 3.04. The fourth-order valence-corrected chi connectivity index (χ4v) is 4.10. The minimum atomic E-state index is 0.661. The van der Waals surface area contributed by atoms with Gasteiger partial charge in [-0.2, -0.15) is 0 Å². The first kappa shape index (κ1) is 15.7. The maximum atomic E-state index is 5.04. The van der Waals surface area contributed by atoms with Crippen molar-refractivity contribution in [3.05, 3.63) is 54.2 Å². The highest BCUT2D eigenvalue weighted by atomic mass is 15.3. The van der Waals surface area contributed by atoms with Gasteiger partial charge in [0.25, 0.3) is 0 Å². The van der Waals surface area contributed by atoms with Crippen molar-refractivity contribution in [2.45, 2.75) is 32.2 Å². The number of nitrogens with zero attached hydrogens (tertiary/aromatic N) is 4. The number of hydrogen-bond donors (Lipinski definition) is 0. The van der Waals surface area contributed by atoms with Gasteiger partial charge < -0.3 is 14.4 Å². The standard InChI is InChI=1S/C22H26N4/c1-17-5-8-19(9-6-17)24-13-15-25(16-14-24)21-10-7-18-11-12-26(22(18)23-21)20-3-2-4-20/h5-12,20H,2-4,13-16H2,1H3. The minimum Gasteiger partial charge on any atom is -0.368 e. The number of pyridine rings is 1. The number of benzene rings is 1. The highest BCUT2D eigenvalue weighted by molar-refractivity contribution is 5.78. The molecule has 0 spiro atoms. The zero-order valence-electron chi connectivity index (χ0n) is 15.4. The Bertz CT molecular complexity index is 900. The van der Waals surface area contributed by atoms with Crippen LogP contribution in [0, 0.1) is 6.92 Å². The van der Waals surface area contributed by atoms with Crippen molar-refractivity contribution in [2.24, 2.45) is 0 Å². The second kappa shape index (κ2) is 6.35. The lowest BCUT2D eigenvalue weighted by molar-refractivity contribution is 0.320. The van der Waals surface area contributed by atoms with Gasteiger partial charge in [-0.05, 0) is 56.5 Å². The summed E-state index contributed by atoms with van der Waals surface area (Å²) in [6.45, 7) is 6.29. The molecule has 134 valence electrons. The van der Waals surface area contributed by atoms with E-state index in [-0.39, 0.29) is 0 Å². The number of piperazine rings is 1. The number of rotatable bonds is 3. The van der Waals surface area contributed by atoms with Crippen molar-refractivity contribution in [1.82, 2.24) is 9.55 Å². The van der Waals surface area contributed by atoms with Crippen LogP contribution in [-0.2, 0) is 0 Å². The number of fused-ring (bicyclic) bond motifs is 1. The molecule has 26 heavy (non-hydrogen) atoms. The van der Waals surface area contributed by atoms with E-state index in [2.05, 4.69) is 70.0 Å². The smallest absolute Gasteiger partial charge is 0.142 e. The van der Waals surface area contributed by atoms with Crippen LogP contribution in [0.3, 0.4) is 0 Å². The van der Waals surface area contributed by atoms with Crippen LogP contribution in [0.2, 0.25) is 0 Å². The number of aryl methyl sites for hydroxylation is 1. The van der Waals surface area contributed by atoms with Crippen molar-refractivity contribution in [2.75, 3.05) is 36.0 Å². The van der Waals surface area contributed by atoms with Crippen molar-refractivity contribution < 1.29 is 0 Å². The molecular weight excluding hydrogens is 320 g/mol. The molecule has 0 atom stereocenters. The van der Waals surface area contributed by atoms with Crippen LogP contribution >= 0.6 is 0 Å². The summed E-state index contributed by atoms with van der Waals surface area (Å²) in [6, 6.07) is 16.2. The molecule has 2 aromatic heterocycles. The van der Waals surface area contributed by atoms with Crippen molar-refractivity contribution in [3.8, 4) is 0 Å². The van der Waals surface area contributed by atoms with Crippen LogP contribution in [0.1, 0.15) is 30.9 Å². The van der Waals surface area contributed by atoms with Crippen LogP contribution in [0.4, 0.5) is 11.5 Å². The first-order valence-electron chi connectivity index (χ1n) is 9.82. The summed E-state index contributed by atoms with van der Waals surface area (Å²) in [4.78, 5) is 9.95. The van der Waals surface area contributed by atoms with Gasteiger partial charge in [-0.3, -0.25) is 0 Å². The third-order valence-corrected chi connectivity index (χ3v) is 6.02. The highest BCUT2D eigenvalue weighted by Crippen LogP contribution is 2.34. The van der Waals surface area contributed by atoms with Crippen molar-refractivity contribution in [1.29, 1.82) is 0 Å². The predicted molar refractivity (Wildman–Crippen MR) is 108 cm³/mol. The quantitative estimate of drug-likeness (QED) is 0.703. The molecule has 2 fully saturated rings. The van der Waals surface area contributed by atoms with E-state index in [0.717, 1.165) is 37.6 Å². The molecule has 1 aliphatic carbocycles. The SMILES string of the molecule is Cc1ccc(N2CCN(c3ccc4ccn(C5CCC5)c4n3)CC2)cc1. The molecule has 1 aliphatic heterocycles. The fraction of sp³-hybridized carbons (Fsp3) is 0.409. The molecule has 1 aromatic carbocycles. The molecule has 0 bridgehead atoms. The van der Waals surface area contributed by atoms with E-state index in [1.54, 1.807) is 0 Å². The summed E-state index contributed by atoms with van der Waals surface area (Å²) in [5.74, 6) is 1.13. The fourth-order valence-electron chi connectivity index (χ4n) is 4.10. The van der Waals surface area contributed by atoms with E-state index in [4.69, 9.17) is 4.98 Å². The largest absolute Gasteiger partial charge is 0.368 e. The summed E-state index contributed by atoms with van der Waals surface area (Å²) >= 11 is 0. The number of aromatic nitrogens is 2. The second-order valence-corrected chi connectivity index (χ2v) is 7.70. The third-order valence-electron chi connectivity index (χ3n) is 6.02. The highest BCUT2D eigenvalue weighted by Gasteiger charge is 2.22. The predicted octanol–water partition coefficient (Wildman–Crippen LogP) is 4.40. The van der Waals surface area contributed by atoms with E-state index in [1.807, 2.05) is 0 Å². The Balaban J connectivity index is 1.33. The van der Waals surface area contributed by atoms with Crippen molar-refractivity contribution in [3.63, 3.8) is 0 Å². The monoisotopic (exact) mass is 346 g/mol. The molecule has 0 radical (unpaired) electrons. The molecule has 3 aromatic rings. The lowest BCUT2D eigenvalue weighted by Crippen LogP contribution is -2.46. The van der Waals surface area contributed by atoms with Gasteiger partial charge in [-0.15, -0.1) is 0 Å². The minimum absolute atomic E-state index is 0.661. The van der Waals surface area contributed by atoms with Crippen LogP contribution in [0.15, 0.2) is 48.7 Å². The maximum Gasteiger partial charge on any atom is 0.142 e. The Morgan fingerprint density at radius 2 is 1.58 bits per heavy atom. The van der Waals surface area contributed by atoms with E-state index >= 15 is 0 Å². The molecule has 0 unspecified atom stereocenters. The Hall–Kier alpha value is -2.49. The normalized spacial score (nSPS) is 18.3. The summed E-state index contributed by atoms with van der Waals surface area (Å²) in [7, 11) is 0. The van der Waals surface area contributed by atoms with Gasteiger partial charge >= 0.3 is 0 Å². The van der Waals surface area contributed by atoms with Gasteiger partial charge in [0.15, 0.2) is 0 Å². The lowest BCUT2D eigenvalue weighted by Gasteiger charge is -2.37. The Kier molecular flexibility index (Phi) is 3.84. The van der Waals surface area contributed by atoms with Gasteiger partial charge in [0.05, 0.1) is 0 Å². The summed E-state index contributed by atoms with van der Waals surface area (Å²) in [5, 5.41) is 1.26. The molecule has 3 heterocycles. The zero-order valence-corrected chi connectivity index (χ0v) is 15.4. The van der Waals surface area contributed by atoms with Crippen LogP contribution in [-0.4, -0.2) is 35.7 Å². The van der Waals surface area contributed by atoms with Gasteiger partial charge in [0, 0.05) is 49.5 Å².